The number of nitrogens with zero attached hydrogens (tertiary/aromatic N) is 7. The van der Waals surface area contributed by atoms with E-state index in [1.807, 2.05) is 12.1 Å². The van der Waals surface area contributed by atoms with E-state index in [-0.39, 0.29) is 43.3 Å². The highest BCUT2D eigenvalue weighted by atomic mass is 32.2. The van der Waals surface area contributed by atoms with Gasteiger partial charge in [-0.2, -0.15) is 19.6 Å². The molecule has 1 aliphatic heterocycles. The number of urea groups is 1. The Labute approximate surface area is 190 Å². The van der Waals surface area contributed by atoms with Crippen molar-refractivity contribution in [2.24, 2.45) is 0 Å². The molecular weight excluding hydrogens is 446 g/mol. The van der Waals surface area contributed by atoms with Gasteiger partial charge in [0.15, 0.2) is 5.65 Å². The molecule has 3 aromatic heterocycles. The van der Waals surface area contributed by atoms with Crippen molar-refractivity contribution in [1.29, 1.82) is 5.26 Å². The van der Waals surface area contributed by atoms with Crippen LogP contribution in [0.1, 0.15) is 26.2 Å². The number of amides is 2. The van der Waals surface area contributed by atoms with E-state index in [0.29, 0.717) is 11.3 Å². The van der Waals surface area contributed by atoms with E-state index in [1.54, 1.807) is 34.6 Å². The van der Waals surface area contributed by atoms with Crippen LogP contribution in [0.5, 0.6) is 0 Å². The fourth-order valence-electron chi connectivity index (χ4n) is 3.92. The van der Waals surface area contributed by atoms with Crippen molar-refractivity contribution >= 4 is 27.6 Å². The third-order valence-electron chi connectivity index (χ3n) is 5.97. The smallest absolute Gasteiger partial charge is 0.321 e. The molecule has 0 atom stereocenters. The van der Waals surface area contributed by atoms with Gasteiger partial charge in [0, 0.05) is 30.9 Å². The first-order chi connectivity index (χ1) is 15.8. The number of sulfonamides is 1. The average Bonchev–Trinajstić information content (AvgIpc) is 3.26. The lowest BCUT2D eigenvalue weighted by molar-refractivity contribution is 0.0719. The van der Waals surface area contributed by atoms with Crippen molar-refractivity contribution in [2.75, 3.05) is 24.2 Å². The number of carbonyl (C=O) groups excluding carboxylic acids is 1. The van der Waals surface area contributed by atoms with Gasteiger partial charge >= 0.3 is 6.03 Å². The first kappa shape index (κ1) is 21.4. The number of fused-ring (bicyclic) bond motifs is 1. The van der Waals surface area contributed by atoms with Gasteiger partial charge in [-0.05, 0) is 31.9 Å². The minimum Gasteiger partial charge on any atom is -0.335 e. The molecule has 0 aromatic carbocycles. The Morgan fingerprint density at radius 3 is 2.82 bits per heavy atom. The number of aromatic nitrogens is 5. The minimum absolute atomic E-state index is 0.0172. The molecule has 0 radical (unpaired) electrons. The summed E-state index contributed by atoms with van der Waals surface area (Å²) in [6.45, 7) is 2.01. The van der Waals surface area contributed by atoms with Crippen molar-refractivity contribution in [3.63, 3.8) is 0 Å². The highest BCUT2D eigenvalue weighted by Gasteiger charge is 2.49. The quantitative estimate of drug-likeness (QED) is 0.527. The van der Waals surface area contributed by atoms with E-state index < -0.39 is 15.6 Å². The van der Waals surface area contributed by atoms with Crippen LogP contribution in [0.25, 0.3) is 16.9 Å². The fraction of sp³-hybridized carbons (Fsp3) is 0.450. The van der Waals surface area contributed by atoms with Crippen molar-refractivity contribution < 1.29 is 13.2 Å². The van der Waals surface area contributed by atoms with Crippen LogP contribution < -0.4 is 10.6 Å². The van der Waals surface area contributed by atoms with E-state index in [0.717, 1.165) is 18.4 Å². The lowest BCUT2D eigenvalue weighted by Crippen LogP contribution is -2.64. The summed E-state index contributed by atoms with van der Waals surface area (Å²) in [7, 11) is -3.32. The van der Waals surface area contributed by atoms with Crippen LogP contribution in [0.15, 0.2) is 30.6 Å². The highest BCUT2D eigenvalue weighted by Crippen LogP contribution is 2.35. The van der Waals surface area contributed by atoms with E-state index in [2.05, 4.69) is 31.9 Å². The van der Waals surface area contributed by atoms with Crippen LogP contribution in [0, 0.1) is 11.3 Å². The van der Waals surface area contributed by atoms with Gasteiger partial charge in [0.25, 0.3) is 5.95 Å². The van der Waals surface area contributed by atoms with E-state index in [9.17, 15) is 18.5 Å². The average molecular weight is 470 g/mol. The molecule has 1 aliphatic carbocycles. The second-order valence-corrected chi connectivity index (χ2v) is 10.6. The lowest BCUT2D eigenvalue weighted by Gasteiger charge is -2.47. The second kappa shape index (κ2) is 7.82. The maximum absolute atomic E-state index is 12.2. The molecule has 5 rings (SSSR count). The third kappa shape index (κ3) is 3.91. The van der Waals surface area contributed by atoms with Gasteiger partial charge in [0.2, 0.25) is 10.0 Å². The summed E-state index contributed by atoms with van der Waals surface area (Å²) in [4.78, 5) is 16.4. The van der Waals surface area contributed by atoms with E-state index >= 15 is 0 Å². The normalized spacial score (nSPS) is 17.9. The van der Waals surface area contributed by atoms with Crippen LogP contribution in [0.4, 0.5) is 10.7 Å². The van der Waals surface area contributed by atoms with Gasteiger partial charge in [0.05, 0.1) is 30.1 Å². The van der Waals surface area contributed by atoms with Crippen molar-refractivity contribution in [3.8, 4) is 17.3 Å². The molecule has 12 nitrogen and oxygen atoms in total. The van der Waals surface area contributed by atoms with Crippen LogP contribution in [-0.4, -0.2) is 68.0 Å². The predicted molar refractivity (Wildman–Crippen MR) is 119 cm³/mol. The number of anilines is 1. The Hall–Kier alpha value is -3.50. The molecule has 0 unspecified atom stereocenters. The summed E-state index contributed by atoms with van der Waals surface area (Å²) >= 11 is 0. The van der Waals surface area contributed by atoms with Gasteiger partial charge < -0.3 is 5.32 Å². The number of carbonyl (C=O) groups is 1. The van der Waals surface area contributed by atoms with Gasteiger partial charge in [-0.1, -0.05) is 6.07 Å². The first-order valence-corrected chi connectivity index (χ1v) is 12.3. The number of hydrogen-bond acceptors (Lipinski definition) is 7. The Bertz CT molecular complexity index is 1360. The molecule has 1 saturated carbocycles. The van der Waals surface area contributed by atoms with E-state index in [4.69, 9.17) is 0 Å². The zero-order valence-corrected chi connectivity index (χ0v) is 18.8. The molecule has 1 saturated heterocycles. The molecule has 0 spiro atoms. The zero-order valence-electron chi connectivity index (χ0n) is 18.0. The summed E-state index contributed by atoms with van der Waals surface area (Å²) in [5, 5.41) is 23.7. The van der Waals surface area contributed by atoms with Gasteiger partial charge in [0.1, 0.15) is 5.54 Å². The first-order valence-electron chi connectivity index (χ1n) is 10.7. The molecule has 13 heteroatoms. The Balaban J connectivity index is 1.41. The summed E-state index contributed by atoms with van der Waals surface area (Å²) < 4.78 is 29.0. The number of rotatable bonds is 7. The zero-order chi connectivity index (χ0) is 23.2. The Morgan fingerprint density at radius 1 is 1.33 bits per heavy atom. The monoisotopic (exact) mass is 469 g/mol. The molecule has 2 N–H and O–H groups in total. The largest absolute Gasteiger partial charge is 0.335 e. The lowest BCUT2D eigenvalue weighted by atomic mass is 9.89. The molecule has 33 heavy (non-hydrogen) atoms. The van der Waals surface area contributed by atoms with Gasteiger partial charge in [-0.3, -0.25) is 10.00 Å². The predicted octanol–water partition coefficient (Wildman–Crippen LogP) is 1.15. The second-order valence-electron chi connectivity index (χ2n) is 8.39. The van der Waals surface area contributed by atoms with Crippen LogP contribution in [0.3, 0.4) is 0 Å². The number of pyridine rings is 1. The molecule has 0 bridgehead atoms. The van der Waals surface area contributed by atoms with Crippen molar-refractivity contribution in [3.05, 3.63) is 30.6 Å². The SMILES string of the molecule is CCS(=O)(=O)N1CC(CC#N)(n2cc(-c3cccc4nc(NC(=O)NC5CC5)nn34)cn2)C1. The van der Waals surface area contributed by atoms with E-state index in [1.165, 1.54) is 4.31 Å². The third-order valence-corrected chi connectivity index (χ3v) is 7.74. The summed E-state index contributed by atoms with van der Waals surface area (Å²) in [6.07, 6.45) is 5.54. The topological polar surface area (TPSA) is 150 Å². The van der Waals surface area contributed by atoms with Crippen LogP contribution >= 0.6 is 0 Å². The van der Waals surface area contributed by atoms with Crippen molar-refractivity contribution in [1.82, 2.24) is 34.0 Å². The summed E-state index contributed by atoms with van der Waals surface area (Å²) in [5.41, 5.74) is 1.27. The molecule has 3 aromatic rings. The van der Waals surface area contributed by atoms with Crippen LogP contribution in [-0.2, 0) is 15.6 Å². The number of nitriles is 1. The van der Waals surface area contributed by atoms with Crippen LogP contribution in [0.2, 0.25) is 0 Å². The van der Waals surface area contributed by atoms with Gasteiger partial charge in [-0.15, -0.1) is 5.10 Å². The standard InChI is InChI=1S/C20H23N9O3S/c1-2-33(31,32)27-12-20(13-27,8-9-21)28-11-14(10-22-28)16-4-3-5-17-24-18(26-29(16)17)25-19(30)23-15-6-7-15/h3-5,10-11,15H,2,6-8,12-13H2,1H3,(H2,23,25,26,30). The fourth-order valence-corrected chi connectivity index (χ4v) is 5.16. The highest BCUT2D eigenvalue weighted by molar-refractivity contribution is 7.89. The molecule has 2 fully saturated rings. The molecule has 2 amide bonds. The summed E-state index contributed by atoms with van der Waals surface area (Å²) in [5.74, 6) is 0.205. The molecule has 2 aliphatic rings. The number of hydrogen-bond donors (Lipinski definition) is 2. The molecular formula is C20H23N9O3S. The maximum atomic E-state index is 12.2. The molecule has 4 heterocycles. The maximum Gasteiger partial charge on any atom is 0.321 e. The Morgan fingerprint density at radius 2 is 2.12 bits per heavy atom. The van der Waals surface area contributed by atoms with Crippen molar-refractivity contribution in [2.45, 2.75) is 37.8 Å². The Kier molecular flexibility index (Phi) is 5.06. The minimum atomic E-state index is -3.32. The van der Waals surface area contributed by atoms with Gasteiger partial charge in [-0.25, -0.2) is 17.7 Å². The molecule has 172 valence electrons. The number of nitrogens with one attached hydrogen (secondary N) is 2. The summed E-state index contributed by atoms with van der Waals surface area (Å²) in [6, 6.07) is 7.50.